The van der Waals surface area contributed by atoms with Crippen molar-refractivity contribution in [3.8, 4) is 5.75 Å². The Morgan fingerprint density at radius 3 is 3.08 bits per heavy atom. The third-order valence-electron chi connectivity index (χ3n) is 2.20. The third kappa shape index (κ3) is 1.18. The van der Waals surface area contributed by atoms with Gasteiger partial charge < -0.3 is 9.84 Å². The van der Waals surface area contributed by atoms with Crippen molar-refractivity contribution in [2.24, 2.45) is 0 Å². The van der Waals surface area contributed by atoms with Gasteiger partial charge in [0.05, 0.1) is 12.7 Å². The Morgan fingerprint density at radius 2 is 2.33 bits per heavy atom. The van der Waals surface area contributed by atoms with E-state index in [4.69, 9.17) is 4.74 Å². The van der Waals surface area contributed by atoms with Gasteiger partial charge in [-0.1, -0.05) is 12.1 Å². The average Bonchev–Trinajstić information content (AvgIpc) is 2.49. The second-order valence-corrected chi connectivity index (χ2v) is 3.14. The van der Waals surface area contributed by atoms with Gasteiger partial charge in [-0.05, 0) is 24.1 Å². The number of hydrogen-bond acceptors (Lipinski definition) is 2. The van der Waals surface area contributed by atoms with E-state index in [2.05, 4.69) is 0 Å². The van der Waals surface area contributed by atoms with E-state index >= 15 is 0 Å². The largest absolute Gasteiger partial charge is 0.493 e. The lowest BCUT2D eigenvalue weighted by Crippen LogP contribution is -1.91. The first kappa shape index (κ1) is 7.62. The van der Waals surface area contributed by atoms with Crippen LogP contribution in [0.5, 0.6) is 5.75 Å². The van der Waals surface area contributed by atoms with Crippen LogP contribution in [0.4, 0.5) is 0 Å². The first-order chi connectivity index (χ1) is 5.77. The smallest absolute Gasteiger partial charge is 0.122 e. The van der Waals surface area contributed by atoms with Crippen LogP contribution in [0.15, 0.2) is 18.2 Å². The molecular weight excluding hydrogens is 152 g/mol. The molecule has 0 saturated carbocycles. The minimum Gasteiger partial charge on any atom is -0.493 e. The Hall–Kier alpha value is -1.02. The molecule has 2 nitrogen and oxygen atoms in total. The van der Waals surface area contributed by atoms with Crippen molar-refractivity contribution in [1.82, 2.24) is 0 Å². The molecule has 64 valence electrons. The second kappa shape index (κ2) is 2.79. The molecular formula is C10H12O2. The van der Waals surface area contributed by atoms with E-state index in [0.717, 1.165) is 24.3 Å². The predicted octanol–water partition coefficient (Wildman–Crippen LogP) is 1.67. The van der Waals surface area contributed by atoms with Crippen molar-refractivity contribution < 1.29 is 9.84 Å². The van der Waals surface area contributed by atoms with Crippen molar-refractivity contribution >= 4 is 0 Å². The van der Waals surface area contributed by atoms with Crippen LogP contribution in [0.25, 0.3) is 0 Å². The maximum absolute atomic E-state index is 9.30. The van der Waals surface area contributed by atoms with Gasteiger partial charge >= 0.3 is 0 Å². The van der Waals surface area contributed by atoms with Crippen molar-refractivity contribution in [2.75, 3.05) is 6.61 Å². The summed E-state index contributed by atoms with van der Waals surface area (Å²) in [5.41, 5.74) is 2.18. The maximum atomic E-state index is 9.30. The van der Waals surface area contributed by atoms with Crippen LogP contribution < -0.4 is 4.74 Å². The summed E-state index contributed by atoms with van der Waals surface area (Å²) >= 11 is 0. The molecule has 1 aromatic rings. The van der Waals surface area contributed by atoms with Crippen molar-refractivity contribution in [3.63, 3.8) is 0 Å². The van der Waals surface area contributed by atoms with Crippen LogP contribution in [-0.4, -0.2) is 11.7 Å². The lowest BCUT2D eigenvalue weighted by Gasteiger charge is -2.06. The van der Waals surface area contributed by atoms with E-state index in [0.29, 0.717) is 0 Å². The van der Waals surface area contributed by atoms with Gasteiger partial charge in [-0.25, -0.2) is 0 Å². The fourth-order valence-corrected chi connectivity index (χ4v) is 1.44. The fraction of sp³-hybridized carbons (Fsp3) is 0.400. The molecule has 1 aliphatic heterocycles. The Bertz CT molecular complexity index is 292. The van der Waals surface area contributed by atoms with Gasteiger partial charge in [-0.2, -0.15) is 0 Å². The van der Waals surface area contributed by atoms with Crippen LogP contribution >= 0.6 is 0 Å². The molecule has 2 rings (SSSR count). The van der Waals surface area contributed by atoms with Gasteiger partial charge in [0.1, 0.15) is 5.75 Å². The highest BCUT2D eigenvalue weighted by molar-refractivity contribution is 5.40. The summed E-state index contributed by atoms with van der Waals surface area (Å²) in [6, 6.07) is 5.91. The number of aliphatic hydroxyl groups is 1. The highest BCUT2D eigenvalue weighted by atomic mass is 16.5. The molecule has 1 unspecified atom stereocenters. The summed E-state index contributed by atoms with van der Waals surface area (Å²) < 4.78 is 5.38. The first-order valence-electron chi connectivity index (χ1n) is 4.21. The SMILES string of the molecule is CC(O)c1ccc2c(c1)OCC2. The number of rotatable bonds is 1. The average molecular weight is 164 g/mol. The molecule has 0 spiro atoms. The molecule has 1 heterocycles. The molecule has 0 aromatic heterocycles. The van der Waals surface area contributed by atoms with Crippen molar-refractivity contribution in [2.45, 2.75) is 19.4 Å². The minimum absolute atomic E-state index is 0.403. The second-order valence-electron chi connectivity index (χ2n) is 3.14. The molecule has 0 saturated heterocycles. The van der Waals surface area contributed by atoms with Gasteiger partial charge in [0.15, 0.2) is 0 Å². The molecule has 0 fully saturated rings. The molecule has 1 N–H and O–H groups in total. The van der Waals surface area contributed by atoms with E-state index in [1.165, 1.54) is 5.56 Å². The van der Waals surface area contributed by atoms with Gasteiger partial charge in [0, 0.05) is 6.42 Å². The summed E-state index contributed by atoms with van der Waals surface area (Å²) in [5, 5.41) is 9.30. The molecule has 12 heavy (non-hydrogen) atoms. The zero-order valence-corrected chi connectivity index (χ0v) is 7.08. The minimum atomic E-state index is -0.403. The highest BCUT2D eigenvalue weighted by Gasteiger charge is 2.13. The number of fused-ring (bicyclic) bond motifs is 1. The molecule has 0 radical (unpaired) electrons. The standard InChI is InChI=1S/C10H12O2/c1-7(11)9-3-2-8-4-5-12-10(8)6-9/h2-3,6-7,11H,4-5H2,1H3. The zero-order valence-electron chi connectivity index (χ0n) is 7.08. The predicted molar refractivity (Wildman–Crippen MR) is 46.3 cm³/mol. The van der Waals surface area contributed by atoms with E-state index in [1.807, 2.05) is 18.2 Å². The first-order valence-corrected chi connectivity index (χ1v) is 4.21. The van der Waals surface area contributed by atoms with Crippen LogP contribution in [0.1, 0.15) is 24.2 Å². The zero-order chi connectivity index (χ0) is 8.55. The Kier molecular flexibility index (Phi) is 1.77. The van der Waals surface area contributed by atoms with Crippen LogP contribution in [0.2, 0.25) is 0 Å². The van der Waals surface area contributed by atoms with Gasteiger partial charge in [0.25, 0.3) is 0 Å². The number of ether oxygens (including phenoxy) is 1. The Morgan fingerprint density at radius 1 is 1.50 bits per heavy atom. The molecule has 2 heteroatoms. The molecule has 0 amide bonds. The van der Waals surface area contributed by atoms with Crippen LogP contribution in [0, 0.1) is 0 Å². The van der Waals surface area contributed by atoms with Crippen LogP contribution in [-0.2, 0) is 6.42 Å². The topological polar surface area (TPSA) is 29.5 Å². The van der Waals surface area contributed by atoms with E-state index < -0.39 is 6.10 Å². The van der Waals surface area contributed by atoms with E-state index in [1.54, 1.807) is 6.92 Å². The highest BCUT2D eigenvalue weighted by Crippen LogP contribution is 2.28. The molecule has 1 aromatic carbocycles. The molecule has 0 bridgehead atoms. The monoisotopic (exact) mass is 164 g/mol. The fourth-order valence-electron chi connectivity index (χ4n) is 1.44. The summed E-state index contributed by atoms with van der Waals surface area (Å²) in [5.74, 6) is 0.938. The van der Waals surface area contributed by atoms with Gasteiger partial charge in [-0.15, -0.1) is 0 Å². The van der Waals surface area contributed by atoms with Crippen molar-refractivity contribution in [3.05, 3.63) is 29.3 Å². The Labute approximate surface area is 71.8 Å². The third-order valence-corrected chi connectivity index (χ3v) is 2.20. The Balaban J connectivity index is 2.39. The summed E-state index contributed by atoms with van der Waals surface area (Å²) in [4.78, 5) is 0. The molecule has 0 aliphatic carbocycles. The number of hydrogen-bond donors (Lipinski definition) is 1. The quantitative estimate of drug-likeness (QED) is 0.684. The number of aliphatic hydroxyl groups excluding tert-OH is 1. The summed E-state index contributed by atoms with van der Waals surface area (Å²) in [7, 11) is 0. The summed E-state index contributed by atoms with van der Waals surface area (Å²) in [6.07, 6.45) is 0.592. The van der Waals surface area contributed by atoms with Crippen molar-refractivity contribution in [1.29, 1.82) is 0 Å². The normalized spacial score (nSPS) is 16.8. The van der Waals surface area contributed by atoms with E-state index in [9.17, 15) is 5.11 Å². The van der Waals surface area contributed by atoms with Crippen LogP contribution in [0.3, 0.4) is 0 Å². The number of benzene rings is 1. The summed E-state index contributed by atoms with van der Waals surface area (Å²) in [6.45, 7) is 2.54. The lowest BCUT2D eigenvalue weighted by atomic mass is 10.1. The molecule has 1 atom stereocenters. The lowest BCUT2D eigenvalue weighted by molar-refractivity contribution is 0.199. The van der Waals surface area contributed by atoms with Gasteiger partial charge in [-0.3, -0.25) is 0 Å². The van der Waals surface area contributed by atoms with Gasteiger partial charge in [0.2, 0.25) is 0 Å². The van der Waals surface area contributed by atoms with E-state index in [-0.39, 0.29) is 0 Å². The maximum Gasteiger partial charge on any atom is 0.122 e. The molecule has 1 aliphatic rings.